The predicted octanol–water partition coefficient (Wildman–Crippen LogP) is 2.25. The standard InChI is InChI=1S/C16H16FNO4S/c1-11-8-13(6-7-14(11)17)23(19,20)18-9-12-10-21-15-4-2-3-5-16(15)22-12/h2-8,12,18H,9-10H2,1H3/t12-/m0/s1. The summed E-state index contributed by atoms with van der Waals surface area (Å²) >= 11 is 0. The maximum absolute atomic E-state index is 13.3. The highest BCUT2D eigenvalue weighted by Crippen LogP contribution is 2.30. The lowest BCUT2D eigenvalue weighted by molar-refractivity contribution is 0.0943. The van der Waals surface area contributed by atoms with Crippen molar-refractivity contribution >= 4 is 10.0 Å². The quantitative estimate of drug-likeness (QED) is 0.929. The van der Waals surface area contributed by atoms with Crippen molar-refractivity contribution < 1.29 is 22.3 Å². The Labute approximate surface area is 134 Å². The van der Waals surface area contributed by atoms with Gasteiger partial charge in [-0.1, -0.05) is 12.1 Å². The molecular formula is C16H16FNO4S. The Hall–Kier alpha value is -2.12. The molecule has 122 valence electrons. The molecule has 3 rings (SSSR count). The van der Waals surface area contributed by atoms with Crippen LogP contribution in [0.3, 0.4) is 0 Å². The summed E-state index contributed by atoms with van der Waals surface area (Å²) in [6, 6.07) is 10.9. The van der Waals surface area contributed by atoms with Gasteiger partial charge in [-0.15, -0.1) is 0 Å². The van der Waals surface area contributed by atoms with E-state index in [0.29, 0.717) is 11.5 Å². The van der Waals surface area contributed by atoms with E-state index in [4.69, 9.17) is 9.47 Å². The molecule has 23 heavy (non-hydrogen) atoms. The molecule has 0 saturated carbocycles. The van der Waals surface area contributed by atoms with Crippen LogP contribution >= 0.6 is 0 Å². The van der Waals surface area contributed by atoms with Crippen molar-refractivity contribution in [3.05, 3.63) is 53.8 Å². The van der Waals surface area contributed by atoms with Gasteiger partial charge in [-0.05, 0) is 42.8 Å². The van der Waals surface area contributed by atoms with Crippen LogP contribution < -0.4 is 14.2 Å². The molecule has 2 aromatic carbocycles. The summed E-state index contributed by atoms with van der Waals surface area (Å²) in [7, 11) is -3.73. The van der Waals surface area contributed by atoms with E-state index < -0.39 is 21.9 Å². The van der Waals surface area contributed by atoms with E-state index in [-0.39, 0.29) is 23.6 Å². The number of hydrogen-bond acceptors (Lipinski definition) is 4. The van der Waals surface area contributed by atoms with Gasteiger partial charge in [0.05, 0.1) is 11.4 Å². The van der Waals surface area contributed by atoms with Crippen LogP contribution in [0.25, 0.3) is 0 Å². The fourth-order valence-corrected chi connectivity index (χ4v) is 3.39. The van der Waals surface area contributed by atoms with Crippen molar-refractivity contribution in [2.45, 2.75) is 17.9 Å². The average molecular weight is 337 g/mol. The third kappa shape index (κ3) is 3.46. The van der Waals surface area contributed by atoms with Gasteiger partial charge in [0.25, 0.3) is 0 Å². The van der Waals surface area contributed by atoms with Crippen LogP contribution in [0, 0.1) is 12.7 Å². The Bertz CT molecular complexity index is 823. The fourth-order valence-electron chi connectivity index (χ4n) is 2.23. The van der Waals surface area contributed by atoms with Crippen LogP contribution in [-0.4, -0.2) is 27.7 Å². The molecule has 2 aromatic rings. The number of fused-ring (bicyclic) bond motifs is 1. The van der Waals surface area contributed by atoms with Gasteiger partial charge in [0.1, 0.15) is 18.5 Å². The highest BCUT2D eigenvalue weighted by Gasteiger charge is 2.23. The number of rotatable bonds is 4. The fraction of sp³-hybridized carbons (Fsp3) is 0.250. The second-order valence-electron chi connectivity index (χ2n) is 5.26. The molecule has 0 radical (unpaired) electrons. The zero-order valence-electron chi connectivity index (χ0n) is 12.5. The van der Waals surface area contributed by atoms with Crippen molar-refractivity contribution in [1.29, 1.82) is 0 Å². The number of benzene rings is 2. The van der Waals surface area contributed by atoms with E-state index in [1.165, 1.54) is 19.1 Å². The minimum absolute atomic E-state index is 0.0218. The monoisotopic (exact) mass is 337 g/mol. The van der Waals surface area contributed by atoms with E-state index in [1.807, 2.05) is 12.1 Å². The van der Waals surface area contributed by atoms with Crippen LogP contribution in [0.4, 0.5) is 4.39 Å². The summed E-state index contributed by atoms with van der Waals surface area (Å²) in [5, 5.41) is 0. The van der Waals surface area contributed by atoms with Gasteiger partial charge >= 0.3 is 0 Å². The van der Waals surface area contributed by atoms with Gasteiger partial charge in [-0.3, -0.25) is 0 Å². The lowest BCUT2D eigenvalue weighted by Gasteiger charge is -2.26. The van der Waals surface area contributed by atoms with Crippen LogP contribution in [0.5, 0.6) is 11.5 Å². The SMILES string of the molecule is Cc1cc(S(=O)(=O)NC[C@H]2COc3ccccc3O2)ccc1F. The molecule has 0 amide bonds. The summed E-state index contributed by atoms with van der Waals surface area (Å²) < 4.78 is 51.5. The largest absolute Gasteiger partial charge is 0.486 e. The first-order valence-electron chi connectivity index (χ1n) is 7.10. The van der Waals surface area contributed by atoms with Crippen molar-refractivity contribution in [3.63, 3.8) is 0 Å². The van der Waals surface area contributed by atoms with Gasteiger partial charge in [-0.2, -0.15) is 0 Å². The molecule has 0 spiro atoms. The molecule has 0 fully saturated rings. The van der Waals surface area contributed by atoms with Gasteiger partial charge < -0.3 is 9.47 Å². The zero-order chi connectivity index (χ0) is 16.4. The molecule has 0 unspecified atom stereocenters. The third-order valence-corrected chi connectivity index (χ3v) is 4.93. The van der Waals surface area contributed by atoms with Crippen LogP contribution in [-0.2, 0) is 10.0 Å². The smallest absolute Gasteiger partial charge is 0.240 e. The first-order valence-corrected chi connectivity index (χ1v) is 8.58. The number of halogens is 1. The zero-order valence-corrected chi connectivity index (χ0v) is 13.3. The van der Waals surface area contributed by atoms with Gasteiger partial charge in [0, 0.05) is 0 Å². The Kier molecular flexibility index (Phi) is 4.23. The van der Waals surface area contributed by atoms with E-state index in [0.717, 1.165) is 6.07 Å². The molecule has 1 atom stereocenters. The van der Waals surface area contributed by atoms with Gasteiger partial charge in [0.15, 0.2) is 11.5 Å². The lowest BCUT2D eigenvalue weighted by Crippen LogP contribution is -2.40. The molecule has 0 bridgehead atoms. The van der Waals surface area contributed by atoms with Gasteiger partial charge in [0.2, 0.25) is 10.0 Å². The highest BCUT2D eigenvalue weighted by atomic mass is 32.2. The summed E-state index contributed by atoms with van der Waals surface area (Å²) in [4.78, 5) is 0.0218. The van der Waals surface area contributed by atoms with Crippen molar-refractivity contribution in [1.82, 2.24) is 4.72 Å². The number of hydrogen-bond donors (Lipinski definition) is 1. The molecule has 7 heteroatoms. The number of sulfonamides is 1. The maximum Gasteiger partial charge on any atom is 0.240 e. The number of ether oxygens (including phenoxy) is 2. The Morgan fingerprint density at radius 3 is 2.70 bits per heavy atom. The van der Waals surface area contributed by atoms with Gasteiger partial charge in [-0.25, -0.2) is 17.5 Å². The molecule has 1 aliphatic heterocycles. The van der Waals surface area contributed by atoms with Crippen molar-refractivity contribution in [2.75, 3.05) is 13.2 Å². The summed E-state index contributed by atoms with van der Waals surface area (Å²) in [6.07, 6.45) is -0.429. The minimum atomic E-state index is -3.73. The normalized spacial score (nSPS) is 17.0. The van der Waals surface area contributed by atoms with E-state index in [2.05, 4.69) is 4.72 Å². The Morgan fingerprint density at radius 2 is 1.96 bits per heavy atom. The van der Waals surface area contributed by atoms with E-state index >= 15 is 0 Å². The summed E-state index contributed by atoms with van der Waals surface area (Å²) in [5.74, 6) is 0.783. The Balaban J connectivity index is 1.67. The van der Waals surface area contributed by atoms with Crippen molar-refractivity contribution in [3.8, 4) is 11.5 Å². The molecule has 0 saturated heterocycles. The number of aryl methyl sites for hydroxylation is 1. The first-order chi connectivity index (χ1) is 11.0. The molecule has 5 nitrogen and oxygen atoms in total. The molecular weight excluding hydrogens is 321 g/mol. The highest BCUT2D eigenvalue weighted by molar-refractivity contribution is 7.89. The summed E-state index contributed by atoms with van der Waals surface area (Å²) in [5.41, 5.74) is 0.277. The predicted molar refractivity (Wildman–Crippen MR) is 82.7 cm³/mol. The maximum atomic E-state index is 13.3. The van der Waals surface area contributed by atoms with E-state index in [1.54, 1.807) is 12.1 Å². The summed E-state index contributed by atoms with van der Waals surface area (Å²) in [6.45, 7) is 1.83. The lowest BCUT2D eigenvalue weighted by atomic mass is 10.2. The van der Waals surface area contributed by atoms with Crippen molar-refractivity contribution in [2.24, 2.45) is 0 Å². The van der Waals surface area contributed by atoms with Crippen LogP contribution in [0.15, 0.2) is 47.4 Å². The second-order valence-corrected chi connectivity index (χ2v) is 7.03. The van der Waals surface area contributed by atoms with Crippen LogP contribution in [0.1, 0.15) is 5.56 Å². The minimum Gasteiger partial charge on any atom is -0.486 e. The van der Waals surface area contributed by atoms with E-state index in [9.17, 15) is 12.8 Å². The molecule has 1 aliphatic rings. The molecule has 0 aliphatic carbocycles. The molecule has 1 N–H and O–H groups in total. The number of nitrogens with one attached hydrogen (secondary N) is 1. The molecule has 0 aromatic heterocycles. The number of para-hydroxylation sites is 2. The van der Waals surface area contributed by atoms with Crippen LogP contribution in [0.2, 0.25) is 0 Å². The second kappa shape index (κ2) is 6.17. The average Bonchev–Trinajstić information content (AvgIpc) is 2.55. The Morgan fingerprint density at radius 1 is 1.22 bits per heavy atom. The topological polar surface area (TPSA) is 64.6 Å². The molecule has 1 heterocycles. The third-order valence-electron chi connectivity index (χ3n) is 3.51. The first kappa shape index (κ1) is 15.8.